The van der Waals surface area contributed by atoms with Crippen LogP contribution in [0, 0.1) is 0 Å². The van der Waals surface area contributed by atoms with Crippen molar-refractivity contribution in [2.45, 2.75) is 18.3 Å². The third-order valence-corrected chi connectivity index (χ3v) is 1.11. The number of rotatable bonds is 4. The second-order valence-corrected chi connectivity index (χ2v) is 2.30. The molecule has 0 rings (SSSR count). The first-order valence-corrected chi connectivity index (χ1v) is 2.99. The van der Waals surface area contributed by atoms with Crippen molar-refractivity contribution < 1.29 is 17.6 Å². The standard InChI is InChI=1S/C5H10F4N2/c6-4(7,2-10)1-5(8,9)3-11/h1-3,10-11H2. The lowest BCUT2D eigenvalue weighted by molar-refractivity contribution is -0.0994. The summed E-state index contributed by atoms with van der Waals surface area (Å²) in [5.74, 6) is -7.05. The molecule has 11 heavy (non-hydrogen) atoms. The summed E-state index contributed by atoms with van der Waals surface area (Å²) in [6, 6.07) is 0. The maximum atomic E-state index is 12.2. The summed E-state index contributed by atoms with van der Waals surface area (Å²) >= 11 is 0. The van der Waals surface area contributed by atoms with E-state index in [9.17, 15) is 17.6 Å². The molecular weight excluding hydrogens is 164 g/mol. The minimum Gasteiger partial charge on any atom is -0.325 e. The Labute approximate surface area is 61.5 Å². The van der Waals surface area contributed by atoms with Crippen LogP contribution in [-0.2, 0) is 0 Å². The van der Waals surface area contributed by atoms with Crippen LogP contribution in [0.1, 0.15) is 6.42 Å². The quantitative estimate of drug-likeness (QED) is 0.612. The molecule has 0 aliphatic heterocycles. The summed E-state index contributed by atoms with van der Waals surface area (Å²) in [5, 5.41) is 0. The molecule has 0 heterocycles. The molecule has 0 saturated heterocycles. The van der Waals surface area contributed by atoms with Crippen LogP contribution in [0.25, 0.3) is 0 Å². The number of hydrogen-bond donors (Lipinski definition) is 2. The summed E-state index contributed by atoms with van der Waals surface area (Å²) < 4.78 is 48.7. The van der Waals surface area contributed by atoms with E-state index in [2.05, 4.69) is 11.5 Å². The molecule has 0 saturated carbocycles. The number of hydrogen-bond acceptors (Lipinski definition) is 2. The molecule has 0 aromatic heterocycles. The molecule has 0 spiro atoms. The maximum absolute atomic E-state index is 12.2. The first-order chi connectivity index (χ1) is 4.83. The molecule has 0 aliphatic carbocycles. The fourth-order valence-electron chi connectivity index (χ4n) is 0.523. The largest absolute Gasteiger partial charge is 0.325 e. The molecule has 2 nitrogen and oxygen atoms in total. The molecule has 68 valence electrons. The average molecular weight is 174 g/mol. The van der Waals surface area contributed by atoms with Gasteiger partial charge in [-0.1, -0.05) is 0 Å². The van der Waals surface area contributed by atoms with Gasteiger partial charge in [0, 0.05) is 0 Å². The highest BCUT2D eigenvalue weighted by Crippen LogP contribution is 2.28. The molecule has 4 N–H and O–H groups in total. The van der Waals surface area contributed by atoms with Crippen LogP contribution in [0.4, 0.5) is 17.6 Å². The van der Waals surface area contributed by atoms with Gasteiger partial charge in [-0.3, -0.25) is 0 Å². The molecule has 0 aromatic carbocycles. The van der Waals surface area contributed by atoms with Gasteiger partial charge in [-0.25, -0.2) is 17.6 Å². The highest BCUT2D eigenvalue weighted by atomic mass is 19.3. The van der Waals surface area contributed by atoms with Gasteiger partial charge in [0.2, 0.25) is 0 Å². The van der Waals surface area contributed by atoms with Gasteiger partial charge in [0.15, 0.2) is 0 Å². The third kappa shape index (κ3) is 4.15. The van der Waals surface area contributed by atoms with Crippen LogP contribution >= 0.6 is 0 Å². The van der Waals surface area contributed by atoms with Crippen molar-refractivity contribution in [3.63, 3.8) is 0 Å². The topological polar surface area (TPSA) is 52.0 Å². The average Bonchev–Trinajstić information content (AvgIpc) is 1.86. The Morgan fingerprint density at radius 1 is 0.818 bits per heavy atom. The Bertz CT molecular complexity index is 112. The summed E-state index contributed by atoms with van der Waals surface area (Å²) in [6.45, 7) is -2.16. The normalized spacial score (nSPS) is 13.6. The molecule has 0 bridgehead atoms. The van der Waals surface area contributed by atoms with Gasteiger partial charge in [0.1, 0.15) is 0 Å². The molecule has 0 atom stereocenters. The van der Waals surface area contributed by atoms with Crippen molar-refractivity contribution >= 4 is 0 Å². The van der Waals surface area contributed by atoms with Crippen LogP contribution in [0.15, 0.2) is 0 Å². The summed E-state index contributed by atoms with van der Waals surface area (Å²) in [7, 11) is 0. The van der Waals surface area contributed by atoms with Crippen molar-refractivity contribution in [2.75, 3.05) is 13.1 Å². The predicted molar refractivity (Wildman–Crippen MR) is 32.6 cm³/mol. The lowest BCUT2D eigenvalue weighted by Crippen LogP contribution is -2.39. The van der Waals surface area contributed by atoms with E-state index in [1.807, 2.05) is 0 Å². The molecular formula is C5H10F4N2. The molecule has 0 fully saturated rings. The molecule has 0 unspecified atom stereocenters. The molecule has 0 aliphatic rings. The van der Waals surface area contributed by atoms with E-state index in [1.165, 1.54) is 0 Å². The van der Waals surface area contributed by atoms with E-state index in [0.29, 0.717) is 0 Å². The third-order valence-electron chi connectivity index (χ3n) is 1.11. The van der Waals surface area contributed by atoms with Crippen molar-refractivity contribution in [2.24, 2.45) is 11.5 Å². The Hall–Kier alpha value is -0.360. The van der Waals surface area contributed by atoms with Gasteiger partial charge in [-0.05, 0) is 0 Å². The Kier molecular flexibility index (Phi) is 3.25. The van der Waals surface area contributed by atoms with Crippen LogP contribution in [-0.4, -0.2) is 24.9 Å². The first-order valence-electron chi connectivity index (χ1n) is 2.99. The van der Waals surface area contributed by atoms with Gasteiger partial charge in [0.05, 0.1) is 19.5 Å². The number of halogens is 4. The van der Waals surface area contributed by atoms with E-state index < -0.39 is 31.4 Å². The van der Waals surface area contributed by atoms with E-state index in [1.54, 1.807) is 0 Å². The van der Waals surface area contributed by atoms with E-state index >= 15 is 0 Å². The van der Waals surface area contributed by atoms with Crippen LogP contribution < -0.4 is 11.5 Å². The highest BCUT2D eigenvalue weighted by Gasteiger charge is 2.41. The SMILES string of the molecule is NCC(F)(F)CC(F)(F)CN. The van der Waals surface area contributed by atoms with Crippen LogP contribution in [0.3, 0.4) is 0 Å². The summed E-state index contributed by atoms with van der Waals surface area (Å²) in [5.41, 5.74) is 9.09. The van der Waals surface area contributed by atoms with Crippen molar-refractivity contribution in [1.82, 2.24) is 0 Å². The van der Waals surface area contributed by atoms with Crippen molar-refractivity contribution in [3.8, 4) is 0 Å². The van der Waals surface area contributed by atoms with E-state index in [0.717, 1.165) is 0 Å². The van der Waals surface area contributed by atoms with Gasteiger partial charge < -0.3 is 11.5 Å². The van der Waals surface area contributed by atoms with Gasteiger partial charge in [-0.15, -0.1) is 0 Å². The smallest absolute Gasteiger partial charge is 0.265 e. The van der Waals surface area contributed by atoms with Gasteiger partial charge in [0.25, 0.3) is 11.8 Å². The molecule has 0 aromatic rings. The molecule has 6 heteroatoms. The molecule has 0 amide bonds. The van der Waals surface area contributed by atoms with Crippen molar-refractivity contribution in [1.29, 1.82) is 0 Å². The monoisotopic (exact) mass is 174 g/mol. The van der Waals surface area contributed by atoms with Crippen molar-refractivity contribution in [3.05, 3.63) is 0 Å². The van der Waals surface area contributed by atoms with Gasteiger partial charge >= 0.3 is 0 Å². The highest BCUT2D eigenvalue weighted by molar-refractivity contribution is 4.78. The van der Waals surface area contributed by atoms with Crippen LogP contribution in [0.2, 0.25) is 0 Å². The Balaban J connectivity index is 4.02. The lowest BCUT2D eigenvalue weighted by atomic mass is 10.1. The fraction of sp³-hybridized carbons (Fsp3) is 1.00. The maximum Gasteiger partial charge on any atom is 0.265 e. The fourth-order valence-corrected chi connectivity index (χ4v) is 0.523. The predicted octanol–water partition coefficient (Wildman–Crippen LogP) is 0.564. The minimum atomic E-state index is -3.52. The first kappa shape index (κ1) is 10.6. The summed E-state index contributed by atoms with van der Waals surface area (Å²) in [6.07, 6.45) is -1.58. The Morgan fingerprint density at radius 3 is 1.27 bits per heavy atom. The second kappa shape index (κ2) is 3.36. The Morgan fingerprint density at radius 2 is 1.09 bits per heavy atom. The van der Waals surface area contributed by atoms with E-state index in [4.69, 9.17) is 0 Å². The van der Waals surface area contributed by atoms with Gasteiger partial charge in [-0.2, -0.15) is 0 Å². The number of alkyl halides is 4. The second-order valence-electron chi connectivity index (χ2n) is 2.30. The molecule has 0 radical (unpaired) electrons. The van der Waals surface area contributed by atoms with E-state index in [-0.39, 0.29) is 0 Å². The zero-order valence-corrected chi connectivity index (χ0v) is 5.79. The van der Waals surface area contributed by atoms with Crippen LogP contribution in [0.5, 0.6) is 0 Å². The zero-order valence-electron chi connectivity index (χ0n) is 5.79. The number of nitrogens with two attached hydrogens (primary N) is 2. The lowest BCUT2D eigenvalue weighted by Gasteiger charge is -2.20. The minimum absolute atomic E-state index is 1.08. The zero-order chi connectivity index (χ0) is 9.12. The summed E-state index contributed by atoms with van der Waals surface area (Å²) in [4.78, 5) is 0.